The molecule has 1 N–H and O–H groups in total. The van der Waals surface area contributed by atoms with Crippen molar-refractivity contribution in [3.8, 4) is 0 Å². The average molecular weight is 287 g/mol. The van der Waals surface area contributed by atoms with Gasteiger partial charge in [0.05, 0.1) is 5.92 Å². The molecule has 0 amide bonds. The quantitative estimate of drug-likeness (QED) is 0.923. The molecule has 1 aromatic rings. The van der Waals surface area contributed by atoms with E-state index in [-0.39, 0.29) is 12.0 Å². The zero-order valence-electron chi connectivity index (χ0n) is 13.4. The Bertz CT molecular complexity index is 558. The lowest BCUT2D eigenvalue weighted by Crippen LogP contribution is -2.35. The van der Waals surface area contributed by atoms with E-state index >= 15 is 0 Å². The summed E-state index contributed by atoms with van der Waals surface area (Å²) in [5, 5.41) is 9.42. The Kier molecular flexibility index (Phi) is 3.56. The van der Waals surface area contributed by atoms with Crippen molar-refractivity contribution in [1.29, 1.82) is 0 Å². The van der Waals surface area contributed by atoms with Gasteiger partial charge < -0.3 is 5.11 Å². The predicted molar refractivity (Wildman–Crippen MR) is 83.5 cm³/mol. The second-order valence-corrected chi connectivity index (χ2v) is 6.91. The molecular formula is C18H25NO2. The normalized spacial score (nSPS) is 29.8. The summed E-state index contributed by atoms with van der Waals surface area (Å²) in [7, 11) is 0. The molecule has 0 aromatic heterocycles. The summed E-state index contributed by atoms with van der Waals surface area (Å²) in [4.78, 5) is 13.9. The van der Waals surface area contributed by atoms with E-state index in [1.165, 1.54) is 22.3 Å². The molecule has 3 nitrogen and oxygen atoms in total. The van der Waals surface area contributed by atoms with Gasteiger partial charge in [-0.2, -0.15) is 0 Å². The van der Waals surface area contributed by atoms with Gasteiger partial charge in [-0.15, -0.1) is 0 Å². The molecule has 0 saturated carbocycles. The molecule has 21 heavy (non-hydrogen) atoms. The number of aliphatic carboxylic acids is 1. The number of hydrogen-bond donors (Lipinski definition) is 1. The molecule has 4 unspecified atom stereocenters. The monoisotopic (exact) mass is 287 g/mol. The second kappa shape index (κ2) is 5.13. The van der Waals surface area contributed by atoms with E-state index in [0.29, 0.717) is 12.1 Å². The van der Waals surface area contributed by atoms with Gasteiger partial charge in [0, 0.05) is 18.1 Å². The van der Waals surface area contributed by atoms with Gasteiger partial charge in [0.15, 0.2) is 0 Å². The van der Waals surface area contributed by atoms with E-state index < -0.39 is 5.97 Å². The van der Waals surface area contributed by atoms with Crippen LogP contribution in [0.2, 0.25) is 0 Å². The van der Waals surface area contributed by atoms with Crippen LogP contribution in [0.15, 0.2) is 12.1 Å². The third kappa shape index (κ3) is 2.28. The molecule has 114 valence electrons. The third-order valence-corrected chi connectivity index (χ3v) is 5.51. The topological polar surface area (TPSA) is 40.5 Å². The lowest BCUT2D eigenvalue weighted by molar-refractivity contribution is -0.142. The SMILES string of the molecule is Cc1cc(C)c(C(C)N2C3CCC2C(C(=O)O)C3)c(C)c1. The predicted octanol–water partition coefficient (Wildman–Crippen LogP) is 3.61. The summed E-state index contributed by atoms with van der Waals surface area (Å²) in [6.45, 7) is 8.74. The number of carboxylic acids is 1. The Morgan fingerprint density at radius 3 is 2.38 bits per heavy atom. The molecule has 3 rings (SSSR count). The van der Waals surface area contributed by atoms with Crippen molar-refractivity contribution in [1.82, 2.24) is 4.90 Å². The van der Waals surface area contributed by atoms with Gasteiger partial charge in [0.25, 0.3) is 0 Å². The first-order valence-electron chi connectivity index (χ1n) is 7.98. The lowest BCUT2D eigenvalue weighted by atomic mass is 9.89. The number of hydrogen-bond acceptors (Lipinski definition) is 2. The van der Waals surface area contributed by atoms with Crippen LogP contribution < -0.4 is 0 Å². The minimum Gasteiger partial charge on any atom is -0.481 e. The Labute approximate surface area is 127 Å². The first-order valence-corrected chi connectivity index (χ1v) is 7.98. The first kappa shape index (κ1) is 14.6. The molecule has 2 bridgehead atoms. The highest BCUT2D eigenvalue weighted by molar-refractivity contribution is 5.71. The molecule has 2 heterocycles. The van der Waals surface area contributed by atoms with E-state index in [0.717, 1.165) is 19.3 Å². The molecule has 2 aliphatic rings. The fourth-order valence-corrected chi connectivity index (χ4v) is 4.90. The Morgan fingerprint density at radius 2 is 1.86 bits per heavy atom. The summed E-state index contributed by atoms with van der Waals surface area (Å²) in [5.74, 6) is -0.783. The van der Waals surface area contributed by atoms with Gasteiger partial charge in [0.2, 0.25) is 0 Å². The molecule has 4 atom stereocenters. The summed E-state index contributed by atoms with van der Waals surface area (Å²) < 4.78 is 0. The van der Waals surface area contributed by atoms with Crippen LogP contribution in [0.25, 0.3) is 0 Å². The van der Waals surface area contributed by atoms with Crippen molar-refractivity contribution in [3.05, 3.63) is 34.4 Å². The van der Waals surface area contributed by atoms with Crippen LogP contribution in [0.1, 0.15) is 54.5 Å². The minimum atomic E-state index is -0.614. The highest BCUT2D eigenvalue weighted by Gasteiger charge is 2.51. The molecule has 0 aliphatic carbocycles. The van der Waals surface area contributed by atoms with Gasteiger partial charge in [-0.3, -0.25) is 9.69 Å². The van der Waals surface area contributed by atoms with Crippen LogP contribution in [0, 0.1) is 26.7 Å². The minimum absolute atomic E-state index is 0.169. The maximum Gasteiger partial charge on any atom is 0.308 e. The maximum atomic E-state index is 11.4. The zero-order valence-corrected chi connectivity index (χ0v) is 13.4. The maximum absolute atomic E-state index is 11.4. The number of rotatable bonds is 3. The van der Waals surface area contributed by atoms with Gasteiger partial charge >= 0.3 is 5.97 Å². The Hall–Kier alpha value is -1.35. The fourth-order valence-electron chi connectivity index (χ4n) is 4.90. The number of aryl methyl sites for hydroxylation is 3. The van der Waals surface area contributed by atoms with Crippen molar-refractivity contribution in [2.24, 2.45) is 5.92 Å². The molecule has 2 saturated heterocycles. The van der Waals surface area contributed by atoms with Crippen LogP contribution >= 0.6 is 0 Å². The Balaban J connectivity index is 1.93. The summed E-state index contributed by atoms with van der Waals surface area (Å²) in [5.41, 5.74) is 5.36. The van der Waals surface area contributed by atoms with Gasteiger partial charge in [-0.25, -0.2) is 0 Å². The number of carbonyl (C=O) groups is 1. The number of carboxylic acid groups (broad SMARTS) is 1. The van der Waals surface area contributed by atoms with Crippen molar-refractivity contribution in [3.63, 3.8) is 0 Å². The molecule has 2 aliphatic heterocycles. The Morgan fingerprint density at radius 1 is 1.24 bits per heavy atom. The largest absolute Gasteiger partial charge is 0.481 e. The van der Waals surface area contributed by atoms with E-state index in [9.17, 15) is 9.90 Å². The number of benzene rings is 1. The first-order chi connectivity index (χ1) is 9.90. The number of fused-ring (bicyclic) bond motifs is 2. The summed E-state index contributed by atoms with van der Waals surface area (Å²) in [6, 6.07) is 5.47. The van der Waals surface area contributed by atoms with Crippen molar-refractivity contribution in [2.75, 3.05) is 0 Å². The van der Waals surface area contributed by atoms with Crippen LogP contribution in [0.5, 0.6) is 0 Å². The molecule has 2 fully saturated rings. The molecular weight excluding hydrogens is 262 g/mol. The number of nitrogens with zero attached hydrogens (tertiary/aromatic N) is 1. The molecule has 3 heteroatoms. The highest BCUT2D eigenvalue weighted by Crippen LogP contribution is 2.47. The third-order valence-electron chi connectivity index (χ3n) is 5.51. The summed E-state index contributed by atoms with van der Waals surface area (Å²) in [6.07, 6.45) is 3.02. The highest BCUT2D eigenvalue weighted by atomic mass is 16.4. The van der Waals surface area contributed by atoms with Crippen molar-refractivity contribution >= 4 is 5.97 Å². The lowest BCUT2D eigenvalue weighted by Gasteiger charge is -2.32. The van der Waals surface area contributed by atoms with E-state index in [1.807, 2.05) is 0 Å². The van der Waals surface area contributed by atoms with E-state index in [2.05, 4.69) is 44.7 Å². The van der Waals surface area contributed by atoms with Crippen LogP contribution in [-0.2, 0) is 4.79 Å². The summed E-state index contributed by atoms with van der Waals surface area (Å²) >= 11 is 0. The second-order valence-electron chi connectivity index (χ2n) is 6.91. The van der Waals surface area contributed by atoms with E-state index in [4.69, 9.17) is 0 Å². The van der Waals surface area contributed by atoms with Crippen LogP contribution in [0.4, 0.5) is 0 Å². The molecule has 0 spiro atoms. The average Bonchev–Trinajstić information content (AvgIpc) is 2.94. The van der Waals surface area contributed by atoms with Gasteiger partial charge in [-0.1, -0.05) is 17.7 Å². The standard InChI is InChI=1S/C18H25NO2/c1-10-7-11(2)17(12(3)8-10)13(4)19-14-5-6-16(19)15(9-14)18(20)21/h7-8,13-16H,5-6,9H2,1-4H3,(H,20,21). The molecule has 0 radical (unpaired) electrons. The fraction of sp³-hybridized carbons (Fsp3) is 0.611. The van der Waals surface area contributed by atoms with Gasteiger partial charge in [0.1, 0.15) is 0 Å². The zero-order chi connectivity index (χ0) is 15.3. The van der Waals surface area contributed by atoms with Crippen LogP contribution in [-0.4, -0.2) is 28.1 Å². The van der Waals surface area contributed by atoms with E-state index in [1.54, 1.807) is 0 Å². The van der Waals surface area contributed by atoms with Crippen molar-refractivity contribution < 1.29 is 9.90 Å². The van der Waals surface area contributed by atoms with Crippen molar-refractivity contribution in [2.45, 2.75) is 65.1 Å². The van der Waals surface area contributed by atoms with Gasteiger partial charge in [-0.05, 0) is 63.6 Å². The van der Waals surface area contributed by atoms with Crippen LogP contribution in [0.3, 0.4) is 0 Å². The molecule has 1 aromatic carbocycles. The smallest absolute Gasteiger partial charge is 0.308 e.